The third-order valence-electron chi connectivity index (χ3n) is 5.84. The van der Waals surface area contributed by atoms with Crippen molar-refractivity contribution in [1.29, 1.82) is 5.26 Å². The lowest BCUT2D eigenvalue weighted by Gasteiger charge is -2.40. The fourth-order valence-corrected chi connectivity index (χ4v) is 4.22. The van der Waals surface area contributed by atoms with Gasteiger partial charge in [0.05, 0.1) is 23.0 Å². The van der Waals surface area contributed by atoms with Gasteiger partial charge in [0.1, 0.15) is 29.8 Å². The third kappa shape index (κ3) is 2.92. The van der Waals surface area contributed by atoms with Crippen LogP contribution in [0.15, 0.2) is 30.3 Å². The van der Waals surface area contributed by atoms with Gasteiger partial charge >= 0.3 is 6.03 Å². The molecule has 0 unspecified atom stereocenters. The van der Waals surface area contributed by atoms with E-state index in [9.17, 15) is 4.79 Å². The summed E-state index contributed by atoms with van der Waals surface area (Å²) in [5.74, 6) is 3.45. The predicted octanol–water partition coefficient (Wildman–Crippen LogP) is 2.04. The molecule has 5 rings (SSSR count). The Morgan fingerprint density at radius 2 is 1.90 bits per heavy atom. The molecule has 0 atom stereocenters. The largest absolute Gasteiger partial charge is 0.355 e. The number of benzene rings is 1. The van der Waals surface area contributed by atoms with Gasteiger partial charge in [0, 0.05) is 39.3 Å². The molecular weight excluding hydrogens is 380 g/mol. The number of rotatable bonds is 4. The van der Waals surface area contributed by atoms with E-state index in [0.29, 0.717) is 30.6 Å². The quantitative estimate of drug-likeness (QED) is 0.620. The second-order valence-corrected chi connectivity index (χ2v) is 7.77. The van der Waals surface area contributed by atoms with Crippen molar-refractivity contribution in [3.63, 3.8) is 0 Å². The maximum Gasteiger partial charge on any atom is 0.326 e. The fraction of sp³-hybridized carbons (Fsp3) is 0.381. The molecule has 0 aliphatic carbocycles. The number of imidazole rings is 1. The van der Waals surface area contributed by atoms with Crippen LogP contribution in [-0.4, -0.2) is 63.2 Å². The normalized spacial score (nSPS) is 17.0. The molecule has 2 aliphatic rings. The average Bonchev–Trinajstić information content (AvgIpc) is 3.22. The summed E-state index contributed by atoms with van der Waals surface area (Å²) < 4.78 is 2.17. The molecule has 2 amide bonds. The van der Waals surface area contributed by atoms with Gasteiger partial charge in [0.15, 0.2) is 0 Å². The highest BCUT2D eigenvalue weighted by atomic mass is 16.2. The summed E-state index contributed by atoms with van der Waals surface area (Å²) >= 11 is 0. The molecule has 0 N–H and O–H groups in total. The van der Waals surface area contributed by atoms with Crippen LogP contribution in [0.5, 0.6) is 0 Å². The number of amides is 2. The van der Waals surface area contributed by atoms with Crippen molar-refractivity contribution in [2.45, 2.75) is 12.8 Å². The van der Waals surface area contributed by atoms with Crippen molar-refractivity contribution in [3.05, 3.63) is 42.0 Å². The topological polar surface area (TPSA) is 94.2 Å². The van der Waals surface area contributed by atoms with Gasteiger partial charge in [-0.1, -0.05) is 12.1 Å². The highest BCUT2D eigenvalue weighted by Gasteiger charge is 2.35. The summed E-state index contributed by atoms with van der Waals surface area (Å²) in [4.78, 5) is 31.8. The first-order valence-corrected chi connectivity index (χ1v) is 10.0. The summed E-state index contributed by atoms with van der Waals surface area (Å²) in [6, 6.07) is 11.9. The summed E-state index contributed by atoms with van der Waals surface area (Å²) in [5, 5.41) is 8.88. The van der Waals surface area contributed by atoms with E-state index >= 15 is 0 Å². The van der Waals surface area contributed by atoms with Crippen molar-refractivity contribution >= 4 is 28.7 Å². The van der Waals surface area contributed by atoms with Crippen molar-refractivity contribution in [1.82, 2.24) is 24.4 Å². The molecule has 2 aliphatic heterocycles. The van der Waals surface area contributed by atoms with Gasteiger partial charge in [0.2, 0.25) is 0 Å². The van der Waals surface area contributed by atoms with Crippen LogP contribution in [0, 0.1) is 18.3 Å². The van der Waals surface area contributed by atoms with Gasteiger partial charge < -0.3 is 14.4 Å². The third-order valence-corrected chi connectivity index (χ3v) is 5.84. The predicted molar refractivity (Wildman–Crippen MR) is 112 cm³/mol. The number of fused-ring (bicyclic) bond motifs is 1. The first-order chi connectivity index (χ1) is 14.5. The van der Waals surface area contributed by atoms with E-state index in [1.54, 1.807) is 4.90 Å². The van der Waals surface area contributed by atoms with Gasteiger partial charge in [-0.15, -0.1) is 0 Å². The standard InChI is InChI=1S/C21H22N8O/c1-14-23-18(11-19(24-14)29-10-9-27(8-7-22)21(29)30)28-12-15(13-28)20-25-16-5-3-4-6-17(16)26(20)2/h3-6,11,15H,8-10,12-13H2,1-2H3. The number of para-hydroxylation sites is 2. The van der Waals surface area contributed by atoms with Crippen LogP contribution < -0.4 is 9.80 Å². The van der Waals surface area contributed by atoms with E-state index < -0.39 is 0 Å². The lowest BCUT2D eigenvalue weighted by molar-refractivity contribution is 0.225. The number of aromatic nitrogens is 4. The number of nitrogens with zero attached hydrogens (tertiary/aromatic N) is 8. The van der Waals surface area contributed by atoms with E-state index in [-0.39, 0.29) is 12.6 Å². The maximum absolute atomic E-state index is 12.5. The molecule has 30 heavy (non-hydrogen) atoms. The van der Waals surface area contributed by atoms with Crippen molar-refractivity contribution in [2.24, 2.45) is 7.05 Å². The van der Waals surface area contributed by atoms with E-state index in [0.717, 1.165) is 35.8 Å². The molecule has 1 aromatic carbocycles. The summed E-state index contributed by atoms with van der Waals surface area (Å²) in [5.41, 5.74) is 2.16. The summed E-state index contributed by atoms with van der Waals surface area (Å²) in [7, 11) is 2.06. The number of anilines is 2. The molecule has 2 saturated heterocycles. The summed E-state index contributed by atoms with van der Waals surface area (Å²) in [6.45, 7) is 4.63. The Bertz CT molecular complexity index is 1170. The number of aryl methyl sites for hydroxylation is 2. The van der Waals surface area contributed by atoms with Crippen LogP contribution in [-0.2, 0) is 7.05 Å². The minimum absolute atomic E-state index is 0.0953. The van der Waals surface area contributed by atoms with E-state index in [4.69, 9.17) is 10.2 Å². The maximum atomic E-state index is 12.5. The molecule has 4 heterocycles. The number of carbonyl (C=O) groups is 1. The molecule has 2 aromatic heterocycles. The van der Waals surface area contributed by atoms with Crippen molar-refractivity contribution < 1.29 is 4.79 Å². The SMILES string of the molecule is Cc1nc(N2CC(c3nc4ccccc4n3C)C2)cc(N2CCN(CC#N)C2=O)n1. The Morgan fingerprint density at radius 3 is 2.67 bits per heavy atom. The molecule has 0 bridgehead atoms. The average molecular weight is 402 g/mol. The number of carbonyl (C=O) groups excluding carboxylic acids is 1. The summed E-state index contributed by atoms with van der Waals surface area (Å²) in [6.07, 6.45) is 0. The smallest absolute Gasteiger partial charge is 0.326 e. The Balaban J connectivity index is 1.35. The van der Waals surface area contributed by atoms with E-state index in [1.807, 2.05) is 37.3 Å². The lowest BCUT2D eigenvalue weighted by atomic mass is 9.99. The highest BCUT2D eigenvalue weighted by Crippen LogP contribution is 2.33. The molecular formula is C21H22N8O. The molecule has 0 saturated carbocycles. The number of nitriles is 1. The number of urea groups is 1. The van der Waals surface area contributed by atoms with Crippen LogP contribution in [0.25, 0.3) is 11.0 Å². The Labute approximate surface area is 174 Å². The fourth-order valence-electron chi connectivity index (χ4n) is 4.22. The van der Waals surface area contributed by atoms with Crippen LogP contribution in [0.3, 0.4) is 0 Å². The molecule has 9 heteroatoms. The second kappa shape index (κ2) is 6.99. The van der Waals surface area contributed by atoms with Crippen molar-refractivity contribution in [3.8, 4) is 6.07 Å². The van der Waals surface area contributed by atoms with Crippen LogP contribution >= 0.6 is 0 Å². The van der Waals surface area contributed by atoms with Crippen LogP contribution in [0.4, 0.5) is 16.4 Å². The van der Waals surface area contributed by atoms with E-state index in [1.165, 1.54) is 4.90 Å². The van der Waals surface area contributed by atoms with Crippen LogP contribution in [0.1, 0.15) is 17.6 Å². The zero-order chi connectivity index (χ0) is 20.8. The number of hydrogen-bond acceptors (Lipinski definition) is 6. The molecule has 152 valence electrons. The molecule has 2 fully saturated rings. The van der Waals surface area contributed by atoms with Crippen molar-refractivity contribution in [2.75, 3.05) is 42.5 Å². The Morgan fingerprint density at radius 1 is 1.13 bits per heavy atom. The first kappa shape index (κ1) is 18.4. The van der Waals surface area contributed by atoms with Gasteiger partial charge in [-0.3, -0.25) is 4.90 Å². The van der Waals surface area contributed by atoms with Gasteiger partial charge in [0.25, 0.3) is 0 Å². The molecule has 0 spiro atoms. The Kier molecular flexibility index (Phi) is 4.28. The first-order valence-electron chi connectivity index (χ1n) is 10.0. The second-order valence-electron chi connectivity index (χ2n) is 7.77. The highest BCUT2D eigenvalue weighted by molar-refractivity contribution is 5.93. The zero-order valence-electron chi connectivity index (χ0n) is 17.0. The minimum Gasteiger partial charge on any atom is -0.355 e. The Hall–Kier alpha value is -3.67. The molecule has 3 aromatic rings. The van der Waals surface area contributed by atoms with Gasteiger partial charge in [-0.25, -0.2) is 19.7 Å². The minimum atomic E-state index is -0.179. The van der Waals surface area contributed by atoms with Crippen LogP contribution in [0.2, 0.25) is 0 Å². The molecule has 9 nitrogen and oxygen atoms in total. The lowest BCUT2D eigenvalue weighted by Crippen LogP contribution is -2.46. The zero-order valence-corrected chi connectivity index (χ0v) is 17.0. The number of hydrogen-bond donors (Lipinski definition) is 0. The monoisotopic (exact) mass is 402 g/mol. The molecule has 0 radical (unpaired) electrons. The van der Waals surface area contributed by atoms with E-state index in [2.05, 4.69) is 32.5 Å². The van der Waals surface area contributed by atoms with Gasteiger partial charge in [-0.05, 0) is 19.1 Å². The van der Waals surface area contributed by atoms with Gasteiger partial charge in [-0.2, -0.15) is 5.26 Å².